The van der Waals surface area contributed by atoms with Crippen molar-refractivity contribution >= 4 is 43.5 Å². The minimum atomic E-state index is -3.96. The van der Waals surface area contributed by atoms with Gasteiger partial charge >= 0.3 is 6.09 Å². The van der Waals surface area contributed by atoms with Gasteiger partial charge in [-0.2, -0.15) is 4.31 Å². The highest BCUT2D eigenvalue weighted by Gasteiger charge is 2.32. The van der Waals surface area contributed by atoms with E-state index in [1.54, 1.807) is 24.6 Å². The average molecular weight is 590 g/mol. The summed E-state index contributed by atoms with van der Waals surface area (Å²) in [6, 6.07) is 13.3. The largest absolute Gasteiger partial charge is 0.447 e. The summed E-state index contributed by atoms with van der Waals surface area (Å²) >= 11 is 1.36. The van der Waals surface area contributed by atoms with Gasteiger partial charge in [-0.25, -0.2) is 18.2 Å². The number of benzene rings is 2. The fourth-order valence-corrected chi connectivity index (χ4v) is 6.61. The predicted molar refractivity (Wildman–Crippen MR) is 157 cm³/mol. The molecule has 3 rings (SSSR count). The molecule has 9 nitrogen and oxygen atoms in total. The number of aliphatic hydroxyl groups is 1. The van der Waals surface area contributed by atoms with Crippen LogP contribution in [0.5, 0.6) is 0 Å². The van der Waals surface area contributed by atoms with E-state index in [1.807, 2.05) is 44.2 Å². The first-order valence-corrected chi connectivity index (χ1v) is 15.8. The zero-order chi connectivity index (χ0) is 29.3. The zero-order valence-corrected chi connectivity index (χ0v) is 25.1. The Hall–Kier alpha value is -2.86. The first-order valence-electron chi connectivity index (χ1n) is 13.5. The van der Waals surface area contributed by atoms with Crippen molar-refractivity contribution in [1.82, 2.24) is 14.6 Å². The number of nitrogens with zero attached hydrogens (tertiary/aromatic N) is 2. The number of fused-ring (bicyclic) bond motifs is 1. The lowest BCUT2D eigenvalue weighted by Crippen LogP contribution is -2.51. The Morgan fingerprint density at radius 2 is 1.85 bits per heavy atom. The summed E-state index contributed by atoms with van der Waals surface area (Å²) in [5.74, 6) is 0.0482. The van der Waals surface area contributed by atoms with Gasteiger partial charge in [0.1, 0.15) is 11.9 Å². The lowest BCUT2D eigenvalue weighted by molar-refractivity contribution is -0.117. The van der Waals surface area contributed by atoms with Crippen molar-refractivity contribution in [2.45, 2.75) is 76.5 Å². The second kappa shape index (κ2) is 14.7. The molecule has 0 bridgehead atoms. The van der Waals surface area contributed by atoms with Crippen LogP contribution >= 0.6 is 11.3 Å². The third-order valence-electron chi connectivity index (χ3n) is 6.82. The van der Waals surface area contributed by atoms with Crippen LogP contribution in [0, 0.1) is 5.92 Å². The molecule has 218 valence electrons. The van der Waals surface area contributed by atoms with Gasteiger partial charge in [0.2, 0.25) is 10.0 Å². The van der Waals surface area contributed by atoms with E-state index in [0.29, 0.717) is 12.8 Å². The number of Topliss-reactive ketones (excluding diaryl/α,β-unsaturated/α-hetero) is 1. The molecule has 0 saturated carbocycles. The third-order valence-corrected chi connectivity index (χ3v) is 9.44. The Bertz CT molecular complexity index is 1360. The standard InChI is InChI=1S/C29H39N3O6S2/c1-5-20(2)17-32(40(36,37)24-13-14-25-28(16-24)39-19-30-25)18-27(34)26(15-23-9-7-6-8-10-23)31-29(35)38-22(4)12-11-21(3)33/h6-10,13-14,16,19-20,22,26-27,34H,5,11-12,15,17-18H2,1-4H3,(H,31,35)/t20-,22-,26?,27+/m0/s1. The van der Waals surface area contributed by atoms with Crippen LogP contribution < -0.4 is 5.32 Å². The number of carbonyl (C=O) groups is 2. The van der Waals surface area contributed by atoms with Crippen molar-refractivity contribution in [2.75, 3.05) is 13.1 Å². The van der Waals surface area contributed by atoms with Crippen molar-refractivity contribution in [3.63, 3.8) is 0 Å². The Labute approximate surface area is 240 Å². The molecule has 1 heterocycles. The van der Waals surface area contributed by atoms with Gasteiger partial charge in [0, 0.05) is 19.5 Å². The smallest absolute Gasteiger partial charge is 0.407 e. The highest BCUT2D eigenvalue weighted by Crippen LogP contribution is 2.25. The monoisotopic (exact) mass is 589 g/mol. The molecular weight excluding hydrogens is 550 g/mol. The Balaban J connectivity index is 1.84. The summed E-state index contributed by atoms with van der Waals surface area (Å²) in [5, 5.41) is 14.1. The van der Waals surface area contributed by atoms with E-state index in [0.717, 1.165) is 22.2 Å². The number of amides is 1. The predicted octanol–water partition coefficient (Wildman–Crippen LogP) is 4.79. The lowest BCUT2D eigenvalue weighted by Gasteiger charge is -2.31. The number of alkyl carbamates (subject to hydrolysis) is 1. The fourth-order valence-electron chi connectivity index (χ4n) is 4.21. The summed E-state index contributed by atoms with van der Waals surface area (Å²) in [4.78, 5) is 28.4. The number of hydrogen-bond acceptors (Lipinski definition) is 8. The molecular formula is C29H39N3O6S2. The van der Waals surface area contributed by atoms with Crippen molar-refractivity contribution < 1.29 is 27.9 Å². The topological polar surface area (TPSA) is 126 Å². The molecule has 2 N–H and O–H groups in total. The molecule has 0 saturated heterocycles. The van der Waals surface area contributed by atoms with E-state index in [9.17, 15) is 23.1 Å². The van der Waals surface area contributed by atoms with Crippen LogP contribution in [-0.2, 0) is 26.0 Å². The molecule has 3 aromatic rings. The second-order valence-corrected chi connectivity index (χ2v) is 13.1. The Morgan fingerprint density at radius 3 is 2.52 bits per heavy atom. The van der Waals surface area contributed by atoms with Crippen LogP contribution in [0.1, 0.15) is 52.5 Å². The van der Waals surface area contributed by atoms with E-state index in [1.165, 1.54) is 28.6 Å². The summed E-state index contributed by atoms with van der Waals surface area (Å²) in [6.07, 6.45) is -0.758. The SMILES string of the molecule is CC[C@H](C)CN(C[C@@H](O)C(Cc1ccccc1)NC(=O)O[C@@H](C)CCC(C)=O)S(=O)(=O)c1ccc2ncsc2c1. The summed E-state index contributed by atoms with van der Waals surface area (Å²) in [6.45, 7) is 7.12. The molecule has 0 aliphatic carbocycles. The number of rotatable bonds is 15. The van der Waals surface area contributed by atoms with Gasteiger partial charge in [0.15, 0.2) is 0 Å². The van der Waals surface area contributed by atoms with E-state index >= 15 is 0 Å². The van der Waals surface area contributed by atoms with Gasteiger partial charge in [-0.3, -0.25) is 0 Å². The van der Waals surface area contributed by atoms with Crippen molar-refractivity contribution in [2.24, 2.45) is 5.92 Å². The van der Waals surface area contributed by atoms with Gasteiger partial charge in [-0.1, -0.05) is 50.6 Å². The molecule has 0 aliphatic heterocycles. The van der Waals surface area contributed by atoms with Gasteiger partial charge in [-0.15, -0.1) is 11.3 Å². The average Bonchev–Trinajstić information content (AvgIpc) is 3.39. The number of ether oxygens (including phenoxy) is 1. The first kappa shape index (κ1) is 31.7. The molecule has 0 fully saturated rings. The van der Waals surface area contributed by atoms with E-state index < -0.39 is 34.4 Å². The number of ketones is 1. The van der Waals surface area contributed by atoms with Crippen LogP contribution in [0.3, 0.4) is 0 Å². The van der Waals surface area contributed by atoms with E-state index in [4.69, 9.17) is 4.74 Å². The normalized spacial score (nSPS) is 14.9. The highest BCUT2D eigenvalue weighted by atomic mass is 32.2. The third kappa shape index (κ3) is 9.09. The first-order chi connectivity index (χ1) is 19.0. The van der Waals surface area contributed by atoms with Crippen molar-refractivity contribution in [3.05, 3.63) is 59.6 Å². The number of aromatic nitrogens is 1. The minimum Gasteiger partial charge on any atom is -0.447 e. The summed E-state index contributed by atoms with van der Waals surface area (Å²) in [7, 11) is -3.96. The van der Waals surface area contributed by atoms with Gasteiger partial charge < -0.3 is 20.0 Å². The van der Waals surface area contributed by atoms with Crippen LogP contribution in [0.4, 0.5) is 4.79 Å². The quantitative estimate of drug-likeness (QED) is 0.261. The van der Waals surface area contributed by atoms with Crippen molar-refractivity contribution in [1.29, 1.82) is 0 Å². The molecule has 11 heteroatoms. The van der Waals surface area contributed by atoms with E-state index in [2.05, 4.69) is 10.3 Å². The van der Waals surface area contributed by atoms with Crippen LogP contribution in [-0.4, -0.2) is 66.0 Å². The molecule has 0 aliphatic rings. The van der Waals surface area contributed by atoms with Gasteiger partial charge in [0.25, 0.3) is 0 Å². The maximum absolute atomic E-state index is 13.8. The van der Waals surface area contributed by atoms with Crippen LogP contribution in [0.2, 0.25) is 0 Å². The second-order valence-electron chi connectivity index (χ2n) is 10.3. The molecule has 4 atom stereocenters. The maximum Gasteiger partial charge on any atom is 0.407 e. The van der Waals surface area contributed by atoms with Gasteiger partial charge in [0.05, 0.1) is 32.8 Å². The molecule has 40 heavy (non-hydrogen) atoms. The molecule has 1 amide bonds. The van der Waals surface area contributed by atoms with E-state index in [-0.39, 0.29) is 36.1 Å². The summed E-state index contributed by atoms with van der Waals surface area (Å²) < 4.78 is 35.1. The number of carbonyl (C=O) groups excluding carboxylic acids is 2. The number of thiazole rings is 1. The zero-order valence-electron chi connectivity index (χ0n) is 23.4. The number of hydrogen-bond donors (Lipinski definition) is 2. The molecule has 2 aromatic carbocycles. The minimum absolute atomic E-state index is 0.00494. The molecule has 0 radical (unpaired) electrons. The summed E-state index contributed by atoms with van der Waals surface area (Å²) in [5.41, 5.74) is 3.26. The van der Waals surface area contributed by atoms with Crippen LogP contribution in [0.15, 0.2) is 58.9 Å². The number of nitrogens with one attached hydrogen (secondary N) is 1. The molecule has 0 spiro atoms. The lowest BCUT2D eigenvalue weighted by atomic mass is 10.0. The Kier molecular flexibility index (Phi) is 11.6. The molecule has 1 aromatic heterocycles. The van der Waals surface area contributed by atoms with Crippen molar-refractivity contribution in [3.8, 4) is 0 Å². The Morgan fingerprint density at radius 1 is 1.12 bits per heavy atom. The van der Waals surface area contributed by atoms with Gasteiger partial charge in [-0.05, 0) is 56.4 Å². The maximum atomic E-state index is 13.8. The molecule has 1 unspecified atom stereocenters. The highest BCUT2D eigenvalue weighted by molar-refractivity contribution is 7.89. The fraction of sp³-hybridized carbons (Fsp3) is 0.483. The van der Waals surface area contributed by atoms with Crippen LogP contribution in [0.25, 0.3) is 10.2 Å². The number of aliphatic hydroxyl groups excluding tert-OH is 1. The number of sulfonamides is 1.